The standard InChI is InChI=1S/C4H6N2/c1-2-3-4-6-5/h2,6H,1,5H2. The number of hydrogen-bond acceptors (Lipinski definition) is 2. The van der Waals surface area contributed by atoms with Gasteiger partial charge in [0.05, 0.1) is 0 Å². The average Bonchev–Trinajstić information content (AvgIpc) is 1.61. The monoisotopic (exact) mass is 82.1 g/mol. The predicted octanol–water partition coefficient (Wildman–Crippen LogP) is -0.403. The van der Waals surface area contributed by atoms with Gasteiger partial charge in [0.25, 0.3) is 0 Å². The van der Waals surface area contributed by atoms with Crippen LogP contribution in [0.15, 0.2) is 12.7 Å². The molecule has 0 aliphatic heterocycles. The van der Waals surface area contributed by atoms with Gasteiger partial charge >= 0.3 is 0 Å². The molecule has 0 aromatic heterocycles. The van der Waals surface area contributed by atoms with Crippen molar-refractivity contribution < 1.29 is 0 Å². The maximum atomic E-state index is 4.74. The number of nitrogens with two attached hydrogens (primary N) is 1. The zero-order valence-corrected chi connectivity index (χ0v) is 3.36. The van der Waals surface area contributed by atoms with E-state index in [1.54, 1.807) is 0 Å². The maximum Gasteiger partial charge on any atom is 0.0248 e. The van der Waals surface area contributed by atoms with E-state index in [0.29, 0.717) is 0 Å². The van der Waals surface area contributed by atoms with Crippen LogP contribution in [-0.2, 0) is 0 Å². The molecule has 2 heteroatoms. The van der Waals surface area contributed by atoms with Gasteiger partial charge in [-0.05, 0) is 6.08 Å². The predicted molar refractivity (Wildman–Crippen MR) is 25.3 cm³/mol. The van der Waals surface area contributed by atoms with Crippen LogP contribution in [0.2, 0.25) is 0 Å². The van der Waals surface area contributed by atoms with Gasteiger partial charge in [0.1, 0.15) is 0 Å². The molecule has 0 atom stereocenters. The van der Waals surface area contributed by atoms with Crippen molar-refractivity contribution in [3.63, 3.8) is 0 Å². The van der Waals surface area contributed by atoms with Crippen molar-refractivity contribution in [2.45, 2.75) is 0 Å². The summed E-state index contributed by atoms with van der Waals surface area (Å²) in [4.78, 5) is 0. The minimum absolute atomic E-state index is 1.46. The first-order chi connectivity index (χ1) is 2.91. The Labute approximate surface area is 37.0 Å². The molecule has 3 N–H and O–H groups in total. The lowest BCUT2D eigenvalue weighted by Gasteiger charge is -1.70. The lowest BCUT2D eigenvalue weighted by atomic mass is 10.7. The first-order valence-corrected chi connectivity index (χ1v) is 1.49. The molecule has 0 fully saturated rings. The first-order valence-electron chi connectivity index (χ1n) is 1.49. The molecule has 0 spiro atoms. The fraction of sp³-hybridized carbons (Fsp3) is 0. The Bertz CT molecular complexity index is 85.5. The Hall–Kier alpha value is -0.940. The molecule has 0 heterocycles. The van der Waals surface area contributed by atoms with Gasteiger partial charge in [0, 0.05) is 6.04 Å². The molecule has 0 radical (unpaired) electrons. The molecule has 2 nitrogen and oxygen atoms in total. The summed E-state index contributed by atoms with van der Waals surface area (Å²) >= 11 is 0. The Morgan fingerprint density at radius 2 is 2.50 bits per heavy atom. The summed E-state index contributed by atoms with van der Waals surface area (Å²) in [7, 11) is 0. The zero-order chi connectivity index (χ0) is 4.83. The van der Waals surface area contributed by atoms with Gasteiger partial charge in [-0.3, -0.25) is 5.43 Å². The molecule has 0 aliphatic carbocycles. The van der Waals surface area contributed by atoms with E-state index >= 15 is 0 Å². The molecule has 0 rings (SSSR count). The Morgan fingerprint density at radius 3 is 2.67 bits per heavy atom. The third kappa shape index (κ3) is 3.06. The third-order valence-corrected chi connectivity index (χ3v) is 0.246. The zero-order valence-electron chi connectivity index (χ0n) is 3.36. The number of nitrogens with one attached hydrogen (secondary N) is 1. The summed E-state index contributed by atoms with van der Waals surface area (Å²) < 4.78 is 0. The summed E-state index contributed by atoms with van der Waals surface area (Å²) in [5.74, 6) is 7.22. The quantitative estimate of drug-likeness (QED) is 0.180. The highest BCUT2D eigenvalue weighted by molar-refractivity contribution is 5.09. The first kappa shape index (κ1) is 5.06. The normalized spacial score (nSPS) is 4.83. The van der Waals surface area contributed by atoms with E-state index in [4.69, 9.17) is 5.84 Å². The van der Waals surface area contributed by atoms with E-state index < -0.39 is 0 Å². The van der Waals surface area contributed by atoms with Crippen LogP contribution >= 0.6 is 0 Å². The fourth-order valence-corrected chi connectivity index (χ4v) is 0.0927. The Kier molecular flexibility index (Phi) is 3.42. The highest BCUT2D eigenvalue weighted by Crippen LogP contribution is 1.46. The van der Waals surface area contributed by atoms with Gasteiger partial charge in [-0.2, -0.15) is 0 Å². The lowest BCUT2D eigenvalue weighted by Crippen LogP contribution is -2.13. The SMILES string of the molecule is C=CC#CNN. The summed E-state index contributed by atoms with van der Waals surface area (Å²) in [6, 6.07) is 2.36. The van der Waals surface area contributed by atoms with E-state index in [2.05, 4.69) is 24.0 Å². The van der Waals surface area contributed by atoms with Gasteiger partial charge in [-0.25, -0.2) is 5.84 Å². The molecule has 32 valence electrons. The summed E-state index contributed by atoms with van der Waals surface area (Å²) in [5, 5.41) is 0. The van der Waals surface area contributed by atoms with Crippen LogP contribution in [0.3, 0.4) is 0 Å². The Morgan fingerprint density at radius 1 is 1.83 bits per heavy atom. The Balaban J connectivity index is 3.13. The molecule has 0 aromatic rings. The molecule has 0 unspecified atom stereocenters. The minimum atomic E-state index is 1.46. The van der Waals surface area contributed by atoms with Gasteiger partial charge in [0.2, 0.25) is 0 Å². The molecule has 0 bridgehead atoms. The lowest BCUT2D eigenvalue weighted by molar-refractivity contribution is 1.01. The molecule has 6 heavy (non-hydrogen) atoms. The summed E-state index contributed by atoms with van der Waals surface area (Å²) in [5.41, 5.74) is 2.14. The largest absolute Gasteiger partial charge is 0.283 e. The van der Waals surface area contributed by atoms with Crippen LogP contribution in [0.25, 0.3) is 0 Å². The van der Waals surface area contributed by atoms with Gasteiger partial charge in [-0.1, -0.05) is 12.5 Å². The second-order valence-electron chi connectivity index (χ2n) is 0.618. The smallest absolute Gasteiger partial charge is 0.0248 e. The molecular weight excluding hydrogens is 76.1 g/mol. The summed E-state index contributed by atoms with van der Waals surface area (Å²) in [6.07, 6.45) is 1.46. The summed E-state index contributed by atoms with van der Waals surface area (Å²) in [6.45, 7) is 3.33. The molecular formula is C4H6N2. The molecule has 0 saturated heterocycles. The van der Waals surface area contributed by atoms with Crippen LogP contribution in [0.4, 0.5) is 0 Å². The van der Waals surface area contributed by atoms with E-state index in [9.17, 15) is 0 Å². The van der Waals surface area contributed by atoms with Crippen molar-refractivity contribution in [3.8, 4) is 12.0 Å². The van der Waals surface area contributed by atoms with Crippen molar-refractivity contribution in [2.24, 2.45) is 5.84 Å². The molecule has 0 amide bonds. The van der Waals surface area contributed by atoms with Crippen molar-refractivity contribution in [2.75, 3.05) is 0 Å². The fourth-order valence-electron chi connectivity index (χ4n) is 0.0927. The average molecular weight is 82.1 g/mol. The van der Waals surface area contributed by atoms with Crippen molar-refractivity contribution >= 4 is 0 Å². The molecule has 0 aromatic carbocycles. The second kappa shape index (κ2) is 4.06. The number of allylic oxidation sites excluding steroid dienone is 1. The van der Waals surface area contributed by atoms with Gasteiger partial charge in [0.15, 0.2) is 0 Å². The van der Waals surface area contributed by atoms with Crippen LogP contribution in [0, 0.1) is 12.0 Å². The van der Waals surface area contributed by atoms with E-state index in [1.807, 2.05) is 0 Å². The van der Waals surface area contributed by atoms with Gasteiger partial charge < -0.3 is 0 Å². The minimum Gasteiger partial charge on any atom is -0.283 e. The van der Waals surface area contributed by atoms with Crippen molar-refractivity contribution in [1.29, 1.82) is 0 Å². The van der Waals surface area contributed by atoms with Crippen molar-refractivity contribution in [1.82, 2.24) is 5.43 Å². The molecule has 0 saturated carbocycles. The number of hydrogen-bond donors (Lipinski definition) is 2. The second-order valence-corrected chi connectivity index (χ2v) is 0.618. The maximum absolute atomic E-state index is 4.74. The highest BCUT2D eigenvalue weighted by atomic mass is 15.2. The van der Waals surface area contributed by atoms with E-state index in [1.165, 1.54) is 6.08 Å². The van der Waals surface area contributed by atoms with Crippen LogP contribution in [0.1, 0.15) is 0 Å². The van der Waals surface area contributed by atoms with E-state index in [0.717, 1.165) is 0 Å². The molecule has 0 aliphatic rings. The van der Waals surface area contributed by atoms with Gasteiger partial charge in [-0.15, -0.1) is 0 Å². The van der Waals surface area contributed by atoms with Crippen LogP contribution < -0.4 is 11.3 Å². The highest BCUT2D eigenvalue weighted by Gasteiger charge is 1.45. The van der Waals surface area contributed by atoms with Crippen molar-refractivity contribution in [3.05, 3.63) is 12.7 Å². The number of rotatable bonds is 0. The van der Waals surface area contributed by atoms with E-state index in [-0.39, 0.29) is 0 Å². The van der Waals surface area contributed by atoms with Crippen LogP contribution in [0.5, 0.6) is 0 Å². The topological polar surface area (TPSA) is 38.0 Å². The van der Waals surface area contributed by atoms with Crippen LogP contribution in [-0.4, -0.2) is 0 Å². The number of hydrazine groups is 1. The third-order valence-electron chi connectivity index (χ3n) is 0.246.